The first-order valence-corrected chi connectivity index (χ1v) is 15.7. The van der Waals surface area contributed by atoms with Crippen molar-refractivity contribution in [3.63, 3.8) is 0 Å². The van der Waals surface area contributed by atoms with Crippen molar-refractivity contribution in [3.05, 3.63) is 48.9 Å². The molecule has 0 aliphatic heterocycles. The van der Waals surface area contributed by atoms with Crippen LogP contribution in [0.4, 0.5) is 0 Å². The second-order valence-corrected chi connectivity index (χ2v) is 11.2. The van der Waals surface area contributed by atoms with Crippen molar-refractivity contribution in [1.82, 2.24) is 29.9 Å². The molecule has 11 nitrogen and oxygen atoms in total. The van der Waals surface area contributed by atoms with Crippen LogP contribution in [0.1, 0.15) is 20.8 Å². The smallest absolute Gasteiger partial charge is 0.855 e. The molecule has 0 fully saturated rings. The minimum absolute atomic E-state index is 0. The van der Waals surface area contributed by atoms with Crippen LogP contribution >= 0.6 is 66.7 Å². The monoisotopic (exact) mass is 814 g/mol. The van der Waals surface area contributed by atoms with Gasteiger partial charge in [-0.05, 0) is 61.3 Å². The topological polar surface area (TPSA) is 154 Å². The Morgan fingerprint density at radius 2 is 1.20 bits per heavy atom. The van der Waals surface area contributed by atoms with E-state index in [1.54, 1.807) is 28.1 Å². The first-order chi connectivity index (χ1) is 21.1. The number of aromatic amines is 2. The Morgan fingerprint density at radius 1 is 0.778 bits per heavy atom. The maximum atomic E-state index is 8.93. The summed E-state index contributed by atoms with van der Waals surface area (Å²) in [4.78, 5) is 22.9. The Bertz CT molecular complexity index is 1890. The number of H-pyrrole nitrogens is 2. The predicted octanol–water partition coefficient (Wildman–Crippen LogP) is 4.49. The number of aliphatic hydroxyl groups is 1. The molecule has 0 aliphatic rings. The van der Waals surface area contributed by atoms with Crippen LogP contribution in [0, 0.1) is 0 Å². The SMILES string of the molecule is CCO.CCOc1nc(Cl)nc2c1[nH]c1cc(Br)cc(OC)c12.CC[O-].COc1cc(Br)cc2[nH]c3c(Cl)nc(Cl)nc3c12.[Na+]. The molecule has 0 saturated heterocycles. The fourth-order valence-electron chi connectivity index (χ4n) is 4.09. The van der Waals surface area contributed by atoms with Crippen LogP contribution in [-0.2, 0) is 0 Å². The van der Waals surface area contributed by atoms with Gasteiger partial charge in [-0.3, -0.25) is 0 Å². The van der Waals surface area contributed by atoms with Crippen LogP contribution in [0.25, 0.3) is 43.9 Å². The van der Waals surface area contributed by atoms with E-state index >= 15 is 0 Å². The quantitative estimate of drug-likeness (QED) is 0.133. The predicted molar refractivity (Wildman–Crippen MR) is 181 cm³/mol. The minimum Gasteiger partial charge on any atom is -0.855 e. The van der Waals surface area contributed by atoms with E-state index in [1.165, 1.54) is 0 Å². The normalized spacial score (nSPS) is 10.3. The Balaban J connectivity index is 0.000000263. The number of nitrogens with one attached hydrogen (secondary N) is 2. The Morgan fingerprint density at radius 3 is 1.64 bits per heavy atom. The molecule has 4 aromatic heterocycles. The molecule has 0 spiro atoms. The molecule has 6 rings (SSSR count). The second kappa shape index (κ2) is 18.6. The molecule has 0 amide bonds. The first kappa shape index (κ1) is 39.5. The Labute approximate surface area is 312 Å². The maximum Gasteiger partial charge on any atom is 1.00 e. The molecule has 0 saturated carbocycles. The van der Waals surface area contributed by atoms with Gasteiger partial charge in [-0.2, -0.15) is 4.98 Å². The zero-order valence-corrected chi connectivity index (χ0v) is 32.6. The van der Waals surface area contributed by atoms with E-state index in [0.717, 1.165) is 30.8 Å². The molecular formula is C28H28Br2Cl3N6NaO5. The van der Waals surface area contributed by atoms with E-state index < -0.39 is 0 Å². The van der Waals surface area contributed by atoms with Gasteiger partial charge >= 0.3 is 29.6 Å². The molecule has 0 atom stereocenters. The molecule has 6 aromatic rings. The van der Waals surface area contributed by atoms with E-state index in [9.17, 15) is 0 Å². The van der Waals surface area contributed by atoms with Gasteiger partial charge in [0.1, 0.15) is 33.6 Å². The third-order valence-corrected chi connectivity index (χ3v) is 7.06. The van der Waals surface area contributed by atoms with Gasteiger partial charge in [0.25, 0.3) is 0 Å². The molecular weight excluding hydrogens is 790 g/mol. The van der Waals surface area contributed by atoms with Crippen molar-refractivity contribution in [2.45, 2.75) is 20.8 Å². The molecule has 0 unspecified atom stereocenters. The van der Waals surface area contributed by atoms with Gasteiger partial charge in [0.05, 0.1) is 42.6 Å². The van der Waals surface area contributed by atoms with Crippen LogP contribution in [0.15, 0.2) is 33.2 Å². The zero-order chi connectivity index (χ0) is 32.6. The van der Waals surface area contributed by atoms with E-state index in [1.807, 2.05) is 31.2 Å². The molecule has 2 aromatic carbocycles. The molecule has 3 N–H and O–H groups in total. The molecule has 45 heavy (non-hydrogen) atoms. The average Bonchev–Trinajstić information content (AvgIpc) is 3.52. The first-order valence-electron chi connectivity index (χ1n) is 13.0. The molecule has 17 heteroatoms. The summed E-state index contributed by atoms with van der Waals surface area (Å²) in [5.74, 6) is 1.84. The van der Waals surface area contributed by atoms with Crippen LogP contribution in [0.5, 0.6) is 17.4 Å². The van der Waals surface area contributed by atoms with Gasteiger partial charge < -0.3 is 34.4 Å². The average molecular weight is 818 g/mol. The Hall–Kier alpha value is -1.65. The van der Waals surface area contributed by atoms with Gasteiger partial charge in [0.2, 0.25) is 16.4 Å². The number of benzene rings is 2. The van der Waals surface area contributed by atoms with Gasteiger partial charge in [0.15, 0.2) is 5.15 Å². The molecule has 0 bridgehead atoms. The van der Waals surface area contributed by atoms with Crippen molar-refractivity contribution < 1.29 is 54.0 Å². The van der Waals surface area contributed by atoms with Crippen molar-refractivity contribution in [2.75, 3.05) is 34.0 Å². The van der Waals surface area contributed by atoms with E-state index in [2.05, 4.69) is 61.8 Å². The number of hydrogen-bond acceptors (Lipinski definition) is 9. The van der Waals surface area contributed by atoms with Gasteiger partial charge in [-0.1, -0.05) is 50.4 Å². The number of fused-ring (bicyclic) bond motifs is 6. The van der Waals surface area contributed by atoms with E-state index in [0.29, 0.717) is 51.2 Å². The van der Waals surface area contributed by atoms with Crippen LogP contribution in [0.3, 0.4) is 0 Å². The number of ether oxygens (including phenoxy) is 3. The van der Waals surface area contributed by atoms with Crippen molar-refractivity contribution in [2.24, 2.45) is 0 Å². The number of methoxy groups -OCH3 is 2. The number of hydrogen-bond donors (Lipinski definition) is 3. The number of aliphatic hydroxyl groups excluding tert-OH is 1. The zero-order valence-electron chi connectivity index (χ0n) is 25.2. The largest absolute Gasteiger partial charge is 1.00 e. The summed E-state index contributed by atoms with van der Waals surface area (Å²) in [6, 6.07) is 7.61. The third kappa shape index (κ3) is 9.47. The summed E-state index contributed by atoms with van der Waals surface area (Å²) >= 11 is 24.7. The fraction of sp³-hybridized carbons (Fsp3) is 0.286. The fourth-order valence-corrected chi connectivity index (χ4v) is 5.55. The summed E-state index contributed by atoms with van der Waals surface area (Å²) in [6.45, 7) is 5.89. The van der Waals surface area contributed by atoms with Crippen LogP contribution in [0.2, 0.25) is 15.7 Å². The van der Waals surface area contributed by atoms with Crippen LogP contribution < -0.4 is 48.9 Å². The van der Waals surface area contributed by atoms with Crippen molar-refractivity contribution in [3.8, 4) is 17.4 Å². The van der Waals surface area contributed by atoms with E-state index in [4.69, 9.17) is 59.2 Å². The van der Waals surface area contributed by atoms with Gasteiger partial charge in [-0.15, -0.1) is 6.61 Å². The van der Waals surface area contributed by atoms with Gasteiger partial charge in [-0.25, -0.2) is 15.0 Å². The summed E-state index contributed by atoms with van der Waals surface area (Å²) < 4.78 is 18.1. The van der Waals surface area contributed by atoms with Crippen LogP contribution in [-0.4, -0.2) is 69.1 Å². The number of aromatic nitrogens is 6. The summed E-state index contributed by atoms with van der Waals surface area (Å²) in [5.41, 5.74) is 4.43. The van der Waals surface area contributed by atoms with E-state index in [-0.39, 0.29) is 53.3 Å². The Kier molecular flexibility index (Phi) is 16.4. The molecule has 236 valence electrons. The van der Waals surface area contributed by atoms with Crippen molar-refractivity contribution >= 4 is 111 Å². The number of rotatable bonds is 4. The maximum absolute atomic E-state index is 8.93. The molecule has 0 radical (unpaired) electrons. The minimum atomic E-state index is 0. The van der Waals surface area contributed by atoms with Gasteiger partial charge in [0, 0.05) is 15.6 Å². The molecule has 0 aliphatic carbocycles. The summed E-state index contributed by atoms with van der Waals surface area (Å²) in [5, 5.41) is 18.7. The third-order valence-electron chi connectivity index (χ3n) is 5.53. The standard InChI is InChI=1S/C13H11BrClN3O2.C11H6BrCl2N3O.C2H6O.C2H5O.Na/c1-3-20-12-11-10(17-13(15)18-12)9-7(16-11)4-6(14)5-8(9)19-2;1-18-6-3-4(12)2-5-7(6)8-9(15-5)10(13)17-11(14)16-8;2*1-2-3;/h4-5,16H,3H2,1-2H3;2-3,15H,1H3;3H,2H2,1H3;2H2,1H3;/q;;;-1;+1. The second-order valence-electron chi connectivity index (χ2n) is 8.38. The molecule has 4 heterocycles. The van der Waals surface area contributed by atoms with Crippen molar-refractivity contribution in [1.29, 1.82) is 0 Å². The number of halogens is 5. The number of nitrogens with zero attached hydrogens (tertiary/aromatic N) is 4. The summed E-state index contributed by atoms with van der Waals surface area (Å²) in [6.07, 6.45) is 0. The summed E-state index contributed by atoms with van der Waals surface area (Å²) in [7, 11) is 3.22.